The largest absolute Gasteiger partial charge is 0.337 e. The molecule has 1 aromatic heterocycles. The fourth-order valence-electron chi connectivity index (χ4n) is 1.82. The molecule has 0 unspecified atom stereocenters. The average Bonchev–Trinajstić information content (AvgIpc) is 2.70. The van der Waals surface area contributed by atoms with Crippen molar-refractivity contribution >= 4 is 13.4 Å². The Kier molecular flexibility index (Phi) is 4.72. The zero-order valence-electron chi connectivity index (χ0n) is 12.3. The maximum atomic E-state index is 12.2. The lowest BCUT2D eigenvalue weighted by Gasteiger charge is -2.21. The monoisotopic (exact) mass is 288 g/mol. The van der Waals surface area contributed by atoms with E-state index in [1.807, 2.05) is 27.7 Å². The first-order valence-corrected chi connectivity index (χ1v) is 7.66. The van der Waals surface area contributed by atoms with Crippen molar-refractivity contribution in [3.8, 4) is 0 Å². The Morgan fingerprint density at radius 1 is 1.37 bits per heavy atom. The van der Waals surface area contributed by atoms with Gasteiger partial charge >= 0.3 is 7.60 Å². The summed E-state index contributed by atoms with van der Waals surface area (Å²) in [7, 11) is -0.807. The lowest BCUT2D eigenvalue weighted by Crippen LogP contribution is -2.24. The van der Waals surface area contributed by atoms with E-state index < -0.39 is 7.60 Å². The van der Waals surface area contributed by atoms with Crippen LogP contribution < -0.4 is 0 Å². The van der Waals surface area contributed by atoms with Crippen LogP contribution in [0.4, 0.5) is 0 Å². The van der Waals surface area contributed by atoms with Gasteiger partial charge in [0.1, 0.15) is 6.16 Å². The first-order chi connectivity index (χ1) is 8.64. The highest BCUT2D eigenvalue weighted by molar-refractivity contribution is 7.54. The van der Waals surface area contributed by atoms with Crippen molar-refractivity contribution < 1.29 is 18.4 Å². The van der Waals surface area contributed by atoms with Crippen LogP contribution in [0.5, 0.6) is 0 Å². The van der Waals surface area contributed by atoms with Gasteiger partial charge in [-0.1, -0.05) is 0 Å². The molecule has 6 nitrogen and oxygen atoms in total. The molecule has 19 heavy (non-hydrogen) atoms. The first-order valence-electron chi connectivity index (χ1n) is 5.93. The number of hydrogen-bond donors (Lipinski definition) is 0. The second-order valence-corrected chi connectivity index (χ2v) is 7.55. The zero-order valence-corrected chi connectivity index (χ0v) is 13.2. The molecule has 108 valence electrons. The van der Waals surface area contributed by atoms with Gasteiger partial charge in [0.2, 0.25) is 0 Å². The van der Waals surface area contributed by atoms with E-state index in [0.717, 1.165) is 5.69 Å². The van der Waals surface area contributed by atoms with E-state index in [2.05, 4.69) is 5.10 Å². The number of Topliss-reactive ketones (excluding diaryl/α,β-unsaturated/α-hetero) is 1. The summed E-state index contributed by atoms with van der Waals surface area (Å²) in [6.07, 6.45) is 1.22. The molecule has 0 spiro atoms. The quantitative estimate of drug-likeness (QED) is 0.615. The lowest BCUT2D eigenvalue weighted by atomic mass is 10.1. The summed E-state index contributed by atoms with van der Waals surface area (Å²) in [5.41, 5.74) is 0.981. The number of nitrogens with zero attached hydrogens (tertiary/aromatic N) is 2. The molecule has 0 bridgehead atoms. The molecule has 1 aromatic rings. The Hall–Kier alpha value is -0.970. The Bertz CT molecular complexity index is 508. The summed E-state index contributed by atoms with van der Waals surface area (Å²) >= 11 is 0. The molecule has 1 rings (SSSR count). The maximum absolute atomic E-state index is 12.2. The molecule has 0 saturated carbocycles. The standard InChI is InChI=1S/C12H21N2O4P/c1-9-10(7-13-14(9)12(2,3)4)11(15)8-19(16,17-5)18-6/h7H,8H2,1-6H3. The summed E-state index contributed by atoms with van der Waals surface area (Å²) in [5.74, 6) is -0.292. The highest BCUT2D eigenvalue weighted by Gasteiger charge is 2.29. The topological polar surface area (TPSA) is 70.4 Å². The van der Waals surface area contributed by atoms with Crippen LogP contribution in [-0.2, 0) is 19.2 Å². The van der Waals surface area contributed by atoms with Crippen molar-refractivity contribution in [3.63, 3.8) is 0 Å². The predicted molar refractivity (Wildman–Crippen MR) is 72.8 cm³/mol. The minimum Gasteiger partial charge on any atom is -0.312 e. The van der Waals surface area contributed by atoms with Gasteiger partial charge in [0, 0.05) is 19.9 Å². The van der Waals surface area contributed by atoms with Gasteiger partial charge < -0.3 is 9.05 Å². The molecule has 0 amide bonds. The number of ketones is 1. The third-order valence-electron chi connectivity index (χ3n) is 2.84. The van der Waals surface area contributed by atoms with Crippen LogP contribution in [0.1, 0.15) is 36.8 Å². The molecule has 0 atom stereocenters. The summed E-state index contributed by atoms with van der Waals surface area (Å²) in [5, 5.41) is 4.21. The van der Waals surface area contributed by atoms with Crippen molar-refractivity contribution in [3.05, 3.63) is 17.5 Å². The average molecular weight is 288 g/mol. The van der Waals surface area contributed by atoms with Crippen molar-refractivity contribution in [1.29, 1.82) is 0 Å². The molecule has 0 saturated heterocycles. The van der Waals surface area contributed by atoms with E-state index in [1.54, 1.807) is 4.68 Å². The van der Waals surface area contributed by atoms with Gasteiger partial charge in [-0.15, -0.1) is 0 Å². The number of aromatic nitrogens is 2. The van der Waals surface area contributed by atoms with Crippen molar-refractivity contribution in [1.82, 2.24) is 9.78 Å². The molecule has 0 aliphatic rings. The van der Waals surface area contributed by atoms with Crippen LogP contribution in [0.3, 0.4) is 0 Å². The third kappa shape index (κ3) is 3.53. The molecule has 0 fully saturated rings. The lowest BCUT2D eigenvalue weighted by molar-refractivity contribution is 0.101. The molecule has 0 radical (unpaired) electrons. The van der Waals surface area contributed by atoms with Gasteiger partial charge in [0.25, 0.3) is 0 Å². The van der Waals surface area contributed by atoms with Crippen LogP contribution in [0.15, 0.2) is 6.20 Å². The predicted octanol–water partition coefficient (Wildman–Crippen LogP) is 2.62. The number of carbonyl (C=O) groups is 1. The highest BCUT2D eigenvalue weighted by atomic mass is 31.2. The minimum absolute atomic E-state index is 0.213. The van der Waals surface area contributed by atoms with Crippen molar-refractivity contribution in [2.45, 2.75) is 33.2 Å². The van der Waals surface area contributed by atoms with Crippen LogP contribution in [-0.4, -0.2) is 35.9 Å². The highest BCUT2D eigenvalue weighted by Crippen LogP contribution is 2.46. The van der Waals surface area contributed by atoms with Crippen LogP contribution in [0.2, 0.25) is 0 Å². The Morgan fingerprint density at radius 2 is 1.89 bits per heavy atom. The molecule has 0 aromatic carbocycles. The first kappa shape index (κ1) is 16.1. The van der Waals surface area contributed by atoms with Gasteiger partial charge in [-0.3, -0.25) is 14.0 Å². The second-order valence-electron chi connectivity index (χ2n) is 5.28. The summed E-state index contributed by atoms with van der Waals surface area (Å²) in [6, 6.07) is 0. The normalized spacial score (nSPS) is 12.7. The number of carbonyl (C=O) groups excluding carboxylic acids is 1. The number of hydrogen-bond acceptors (Lipinski definition) is 5. The number of rotatable bonds is 5. The van der Waals surface area contributed by atoms with E-state index in [9.17, 15) is 9.36 Å². The second kappa shape index (κ2) is 5.57. The van der Waals surface area contributed by atoms with Crippen LogP contribution in [0, 0.1) is 6.92 Å². The minimum atomic E-state index is -3.34. The zero-order chi connectivity index (χ0) is 14.8. The van der Waals surface area contributed by atoms with E-state index in [0.29, 0.717) is 5.56 Å². The van der Waals surface area contributed by atoms with Gasteiger partial charge in [-0.2, -0.15) is 5.10 Å². The van der Waals surface area contributed by atoms with Crippen molar-refractivity contribution in [2.75, 3.05) is 20.4 Å². The molecular formula is C12H21N2O4P. The molecule has 7 heteroatoms. The fourth-order valence-corrected chi connectivity index (χ4v) is 2.75. The summed E-state index contributed by atoms with van der Waals surface area (Å²) < 4.78 is 23.3. The molecule has 0 aliphatic heterocycles. The Morgan fingerprint density at radius 3 is 2.26 bits per heavy atom. The molecule has 0 N–H and O–H groups in total. The van der Waals surface area contributed by atoms with Gasteiger partial charge in [0.05, 0.1) is 17.3 Å². The summed E-state index contributed by atoms with van der Waals surface area (Å²) in [6.45, 7) is 7.80. The SMILES string of the molecule is COP(=O)(CC(=O)c1cnn(C(C)(C)C)c1C)OC. The maximum Gasteiger partial charge on any atom is 0.337 e. The van der Waals surface area contributed by atoms with Crippen molar-refractivity contribution in [2.24, 2.45) is 0 Å². The molecule has 1 heterocycles. The molecular weight excluding hydrogens is 267 g/mol. The van der Waals surface area contributed by atoms with E-state index >= 15 is 0 Å². The van der Waals surface area contributed by atoms with E-state index in [4.69, 9.17) is 9.05 Å². The van der Waals surface area contributed by atoms with Gasteiger partial charge in [0.15, 0.2) is 5.78 Å². The van der Waals surface area contributed by atoms with E-state index in [1.165, 1.54) is 20.4 Å². The molecule has 0 aliphatic carbocycles. The fraction of sp³-hybridized carbons (Fsp3) is 0.667. The smallest absolute Gasteiger partial charge is 0.312 e. The Labute approximate surface area is 113 Å². The van der Waals surface area contributed by atoms with E-state index in [-0.39, 0.29) is 17.5 Å². The Balaban J connectivity index is 3.03. The summed E-state index contributed by atoms with van der Waals surface area (Å²) in [4.78, 5) is 12.2. The van der Waals surface area contributed by atoms with Gasteiger partial charge in [-0.25, -0.2) is 0 Å². The van der Waals surface area contributed by atoms with Gasteiger partial charge in [-0.05, 0) is 27.7 Å². The third-order valence-corrected chi connectivity index (χ3v) is 4.63. The van der Waals surface area contributed by atoms with Crippen LogP contribution in [0.25, 0.3) is 0 Å². The van der Waals surface area contributed by atoms with Crippen LogP contribution >= 0.6 is 7.60 Å².